The predicted molar refractivity (Wildman–Crippen MR) is 115 cm³/mol. The zero-order valence-electron chi connectivity index (χ0n) is 15.8. The first-order valence-electron chi connectivity index (χ1n) is 9.28. The molecule has 0 saturated carbocycles. The van der Waals surface area contributed by atoms with Crippen molar-refractivity contribution in [2.24, 2.45) is 0 Å². The van der Waals surface area contributed by atoms with Gasteiger partial charge in [0.2, 0.25) is 5.91 Å². The Bertz CT molecular complexity index is 1130. The Kier molecular flexibility index (Phi) is 5.39. The topological polar surface area (TPSA) is 84.2 Å². The number of furan rings is 1. The fourth-order valence-corrected chi connectivity index (χ4v) is 3.61. The molecule has 0 aliphatic heterocycles. The Balaban J connectivity index is 1.44. The maximum absolute atomic E-state index is 12.5. The number of benzene rings is 2. The Morgan fingerprint density at radius 2 is 1.86 bits per heavy atom. The second kappa shape index (κ2) is 8.28. The van der Waals surface area contributed by atoms with Crippen LogP contribution in [-0.2, 0) is 4.79 Å². The van der Waals surface area contributed by atoms with Gasteiger partial charge in [-0.3, -0.25) is 14.9 Å². The summed E-state index contributed by atoms with van der Waals surface area (Å²) in [5.41, 5.74) is 3.07. The Labute approximate surface area is 171 Å². The third-order valence-electron chi connectivity index (χ3n) is 4.32. The number of nitrogens with one attached hydrogen (secondary N) is 2. The fourth-order valence-electron chi connectivity index (χ4n) is 2.89. The summed E-state index contributed by atoms with van der Waals surface area (Å²) >= 11 is 1.34. The van der Waals surface area contributed by atoms with E-state index in [4.69, 9.17) is 4.42 Å². The molecule has 4 aromatic rings. The van der Waals surface area contributed by atoms with Crippen LogP contribution in [0, 0.1) is 0 Å². The molecule has 0 aliphatic rings. The highest BCUT2D eigenvalue weighted by atomic mass is 32.1. The van der Waals surface area contributed by atoms with Crippen molar-refractivity contribution in [2.45, 2.75) is 19.8 Å². The van der Waals surface area contributed by atoms with Crippen molar-refractivity contribution in [3.8, 4) is 11.3 Å². The van der Waals surface area contributed by atoms with Crippen LogP contribution in [0.5, 0.6) is 0 Å². The van der Waals surface area contributed by atoms with E-state index in [0.29, 0.717) is 17.1 Å². The van der Waals surface area contributed by atoms with E-state index in [0.717, 1.165) is 28.8 Å². The van der Waals surface area contributed by atoms with Gasteiger partial charge in [0.05, 0.1) is 5.69 Å². The molecule has 2 aromatic carbocycles. The summed E-state index contributed by atoms with van der Waals surface area (Å²) in [6.07, 6.45) is 1.31. The van der Waals surface area contributed by atoms with Crippen LogP contribution >= 0.6 is 11.3 Å². The summed E-state index contributed by atoms with van der Waals surface area (Å²) in [5.74, 6) is -0.0873. The number of aromatic nitrogens is 1. The average molecular weight is 405 g/mol. The second-order valence-electron chi connectivity index (χ2n) is 6.52. The normalized spacial score (nSPS) is 10.8. The van der Waals surface area contributed by atoms with Crippen molar-refractivity contribution in [1.82, 2.24) is 4.98 Å². The van der Waals surface area contributed by atoms with Crippen LogP contribution in [0.4, 0.5) is 10.8 Å². The summed E-state index contributed by atoms with van der Waals surface area (Å²) in [5, 5.41) is 8.88. The Morgan fingerprint density at radius 1 is 1.07 bits per heavy atom. The highest BCUT2D eigenvalue weighted by Gasteiger charge is 2.14. The molecule has 29 heavy (non-hydrogen) atoms. The van der Waals surface area contributed by atoms with E-state index >= 15 is 0 Å². The number of anilines is 2. The number of hydrogen-bond acceptors (Lipinski definition) is 5. The first-order valence-corrected chi connectivity index (χ1v) is 10.2. The van der Waals surface area contributed by atoms with Crippen LogP contribution in [0.15, 0.2) is 64.4 Å². The van der Waals surface area contributed by atoms with Crippen molar-refractivity contribution in [3.63, 3.8) is 0 Å². The van der Waals surface area contributed by atoms with Gasteiger partial charge in [0.15, 0.2) is 10.9 Å². The molecule has 0 spiro atoms. The van der Waals surface area contributed by atoms with Crippen molar-refractivity contribution in [2.75, 3.05) is 10.6 Å². The molecule has 6 nitrogen and oxygen atoms in total. The fraction of sp³-hybridized carbons (Fsp3) is 0.136. The molecule has 2 amide bonds. The molecule has 0 unspecified atom stereocenters. The van der Waals surface area contributed by atoms with E-state index in [1.54, 1.807) is 6.07 Å². The monoisotopic (exact) mass is 405 g/mol. The summed E-state index contributed by atoms with van der Waals surface area (Å²) in [6.45, 7) is 1.97. The average Bonchev–Trinajstić information content (AvgIpc) is 3.35. The molecular formula is C22H19N3O3S. The molecule has 0 aliphatic carbocycles. The summed E-state index contributed by atoms with van der Waals surface area (Å²) in [6, 6.07) is 16.7. The highest BCUT2D eigenvalue weighted by Crippen LogP contribution is 2.27. The van der Waals surface area contributed by atoms with E-state index in [2.05, 4.69) is 15.6 Å². The third-order valence-corrected chi connectivity index (χ3v) is 5.07. The zero-order valence-corrected chi connectivity index (χ0v) is 16.6. The minimum Gasteiger partial charge on any atom is -0.451 e. The van der Waals surface area contributed by atoms with Gasteiger partial charge in [-0.2, -0.15) is 0 Å². The quantitative estimate of drug-likeness (QED) is 0.441. The van der Waals surface area contributed by atoms with Gasteiger partial charge < -0.3 is 9.73 Å². The lowest BCUT2D eigenvalue weighted by Gasteiger charge is -2.05. The molecule has 0 saturated heterocycles. The van der Waals surface area contributed by atoms with Crippen LogP contribution in [0.3, 0.4) is 0 Å². The van der Waals surface area contributed by atoms with Crippen LogP contribution in [0.25, 0.3) is 22.2 Å². The van der Waals surface area contributed by atoms with Gasteiger partial charge in [0.25, 0.3) is 5.91 Å². The standard InChI is InChI=1S/C22H19N3O3S/c1-2-5-20(26)23-16-10-8-14(9-11-16)17-13-29-22(24-17)25-21(27)19-12-15-6-3-4-7-18(15)28-19/h3-4,6-13H,2,5H2,1H3,(H,23,26)(H,24,25,27). The van der Waals surface area contributed by atoms with Gasteiger partial charge in [-0.1, -0.05) is 37.3 Å². The number of fused-ring (bicyclic) bond motifs is 1. The van der Waals surface area contributed by atoms with E-state index in [-0.39, 0.29) is 17.6 Å². The highest BCUT2D eigenvalue weighted by molar-refractivity contribution is 7.14. The van der Waals surface area contributed by atoms with E-state index in [1.807, 2.05) is 60.8 Å². The lowest BCUT2D eigenvalue weighted by atomic mass is 10.1. The van der Waals surface area contributed by atoms with Gasteiger partial charge in [-0.25, -0.2) is 4.98 Å². The number of para-hydroxylation sites is 1. The number of thiazole rings is 1. The first-order chi connectivity index (χ1) is 14.1. The molecule has 0 bridgehead atoms. The molecule has 2 heterocycles. The molecule has 0 atom stereocenters. The minimum atomic E-state index is -0.337. The van der Waals surface area contributed by atoms with Gasteiger partial charge in [0.1, 0.15) is 5.58 Å². The molecule has 0 radical (unpaired) electrons. The second-order valence-corrected chi connectivity index (χ2v) is 7.37. The maximum atomic E-state index is 12.5. The smallest absolute Gasteiger partial charge is 0.293 e. The zero-order chi connectivity index (χ0) is 20.2. The van der Waals surface area contributed by atoms with Crippen molar-refractivity contribution in [3.05, 3.63) is 65.7 Å². The number of carbonyl (C=O) groups excluding carboxylic acids is 2. The molecule has 2 N–H and O–H groups in total. The van der Waals surface area contributed by atoms with Gasteiger partial charge in [-0.15, -0.1) is 11.3 Å². The van der Waals surface area contributed by atoms with Gasteiger partial charge in [-0.05, 0) is 30.7 Å². The minimum absolute atomic E-state index is 0.00416. The molecule has 4 rings (SSSR count). The molecule has 146 valence electrons. The molecule has 7 heteroatoms. The van der Waals surface area contributed by atoms with E-state index < -0.39 is 0 Å². The van der Waals surface area contributed by atoms with Crippen LogP contribution in [-0.4, -0.2) is 16.8 Å². The number of hydrogen-bond donors (Lipinski definition) is 2. The number of nitrogens with zero attached hydrogens (tertiary/aromatic N) is 1. The Morgan fingerprint density at radius 3 is 2.62 bits per heavy atom. The van der Waals surface area contributed by atoms with Crippen molar-refractivity contribution < 1.29 is 14.0 Å². The third kappa shape index (κ3) is 4.35. The largest absolute Gasteiger partial charge is 0.451 e. The summed E-state index contributed by atoms with van der Waals surface area (Å²) < 4.78 is 5.59. The van der Waals surface area contributed by atoms with Gasteiger partial charge >= 0.3 is 0 Å². The maximum Gasteiger partial charge on any atom is 0.293 e. The lowest BCUT2D eigenvalue weighted by molar-refractivity contribution is -0.116. The van der Waals surface area contributed by atoms with Crippen LogP contribution < -0.4 is 10.6 Å². The molecular weight excluding hydrogens is 386 g/mol. The number of carbonyl (C=O) groups is 2. The Hall–Kier alpha value is -3.45. The number of amides is 2. The predicted octanol–water partition coefficient (Wildman–Crippen LogP) is 5.55. The summed E-state index contributed by atoms with van der Waals surface area (Å²) in [7, 11) is 0. The van der Waals surface area contributed by atoms with Crippen molar-refractivity contribution in [1.29, 1.82) is 0 Å². The molecule has 2 aromatic heterocycles. The van der Waals surface area contributed by atoms with E-state index in [1.165, 1.54) is 11.3 Å². The van der Waals surface area contributed by atoms with Crippen LogP contribution in [0.1, 0.15) is 30.3 Å². The van der Waals surface area contributed by atoms with E-state index in [9.17, 15) is 9.59 Å². The number of rotatable bonds is 6. The van der Waals surface area contributed by atoms with Crippen molar-refractivity contribution >= 4 is 44.9 Å². The first kappa shape index (κ1) is 18.9. The lowest BCUT2D eigenvalue weighted by Crippen LogP contribution is -2.10. The van der Waals surface area contributed by atoms with Gasteiger partial charge in [0, 0.05) is 28.4 Å². The molecule has 0 fully saturated rings. The SMILES string of the molecule is CCCC(=O)Nc1ccc(-c2csc(NC(=O)c3cc4ccccc4o3)n2)cc1. The summed E-state index contributed by atoms with van der Waals surface area (Å²) in [4.78, 5) is 28.6. The van der Waals surface area contributed by atoms with Crippen LogP contribution in [0.2, 0.25) is 0 Å².